The monoisotopic (exact) mass is 1610 g/mol. The molecule has 0 aromatic rings. The largest absolute Gasteiger partial charge is 0.472 e. The molecule has 0 fully saturated rings. The SMILES string of the molecule is CC(C)CCCC(C)CCCC(C)CCCC(C)CC(=O)OC[C@H](COP(=O)(O)OCCN)OC(=O)CC(C)CCCC(C)CCCC(C)CCCC(C)C.CC(C)CCCC(C)CCCC(C)CCCC(C)CC(=O)OC[C@H](COP(=O)(O)OCCN)OC(=O)CC(C)CCCC(C)CCCC(C)CCCC(C)C. The van der Waals surface area contributed by atoms with Crippen molar-refractivity contribution in [2.45, 2.75) is 408 Å². The molecule has 0 heterocycles. The topological polar surface area (TPSA) is 269 Å². The molecule has 110 heavy (non-hydrogen) atoms. The van der Waals surface area contributed by atoms with Crippen LogP contribution in [0.15, 0.2) is 0 Å². The van der Waals surface area contributed by atoms with Crippen LogP contribution >= 0.6 is 15.6 Å². The molecule has 14 unspecified atom stereocenters. The minimum atomic E-state index is -4.40. The molecular formula is C90H180N2O16P2. The quantitative estimate of drug-likeness (QED) is 0.0250. The van der Waals surface area contributed by atoms with Crippen LogP contribution in [0.25, 0.3) is 0 Å². The summed E-state index contributed by atoms with van der Waals surface area (Å²) in [6.07, 6.45) is 42.6. The fraction of sp³-hybridized carbons (Fsp3) is 0.956. The Bertz CT molecular complexity index is 2140. The van der Waals surface area contributed by atoms with Gasteiger partial charge in [0.05, 0.1) is 26.4 Å². The van der Waals surface area contributed by atoms with Crippen molar-refractivity contribution >= 4 is 39.5 Å². The second kappa shape index (κ2) is 69.0. The molecule has 656 valence electrons. The van der Waals surface area contributed by atoms with Crippen LogP contribution in [-0.4, -0.2) is 98.6 Å². The van der Waals surface area contributed by atoms with Crippen molar-refractivity contribution in [3.63, 3.8) is 0 Å². The molecule has 16 atom stereocenters. The average Bonchev–Trinajstić information content (AvgIpc) is 0.907. The molecule has 18 nitrogen and oxygen atoms in total. The van der Waals surface area contributed by atoms with Crippen LogP contribution in [0.4, 0.5) is 0 Å². The number of hydrogen-bond donors (Lipinski definition) is 4. The summed E-state index contributed by atoms with van der Waals surface area (Å²) in [6.45, 7) is 43.8. The summed E-state index contributed by atoms with van der Waals surface area (Å²) in [5.74, 6) is 7.90. The van der Waals surface area contributed by atoms with E-state index in [0.717, 1.165) is 124 Å². The molecule has 0 bridgehead atoms. The van der Waals surface area contributed by atoms with E-state index in [-0.39, 0.29) is 101 Å². The lowest BCUT2D eigenvalue weighted by Gasteiger charge is -2.21. The maximum Gasteiger partial charge on any atom is 0.472 e. The number of phosphoric ester groups is 2. The van der Waals surface area contributed by atoms with Gasteiger partial charge in [-0.2, -0.15) is 0 Å². The highest BCUT2D eigenvalue weighted by Crippen LogP contribution is 2.44. The van der Waals surface area contributed by atoms with Crippen molar-refractivity contribution in [3.8, 4) is 0 Å². The molecule has 0 aliphatic heterocycles. The van der Waals surface area contributed by atoms with Gasteiger partial charge in [0.25, 0.3) is 0 Å². The summed E-state index contributed by atoms with van der Waals surface area (Å²) in [4.78, 5) is 71.4. The van der Waals surface area contributed by atoms with Gasteiger partial charge in [0, 0.05) is 38.8 Å². The summed E-state index contributed by atoms with van der Waals surface area (Å²) in [7, 11) is -8.81. The Labute approximate surface area is 677 Å². The van der Waals surface area contributed by atoms with E-state index >= 15 is 0 Å². The molecule has 0 radical (unpaired) electrons. The van der Waals surface area contributed by atoms with Crippen LogP contribution in [0.2, 0.25) is 0 Å². The third-order valence-electron chi connectivity index (χ3n) is 22.2. The number of carbonyl (C=O) groups excluding carboxylic acids is 4. The second-order valence-corrected chi connectivity index (χ2v) is 40.1. The highest BCUT2D eigenvalue weighted by atomic mass is 31.2. The molecule has 0 rings (SSSR count). The minimum absolute atomic E-state index is 0.0490. The number of ether oxygens (including phenoxy) is 4. The van der Waals surface area contributed by atoms with E-state index < -0.39 is 53.0 Å². The summed E-state index contributed by atoms with van der Waals surface area (Å²) >= 11 is 0. The molecule has 0 saturated heterocycles. The molecule has 0 spiro atoms. The summed E-state index contributed by atoms with van der Waals surface area (Å²) in [5, 5.41) is 0. The predicted octanol–water partition coefficient (Wildman–Crippen LogP) is 24.9. The van der Waals surface area contributed by atoms with Crippen LogP contribution in [0.3, 0.4) is 0 Å². The lowest BCUT2D eigenvalue weighted by atomic mass is 9.91. The molecule has 0 aliphatic rings. The van der Waals surface area contributed by atoms with Gasteiger partial charge in [-0.25, -0.2) is 9.13 Å². The lowest BCUT2D eigenvalue weighted by molar-refractivity contribution is -0.162. The van der Waals surface area contributed by atoms with Gasteiger partial charge in [0.15, 0.2) is 12.2 Å². The van der Waals surface area contributed by atoms with Gasteiger partial charge in [-0.3, -0.25) is 37.3 Å². The van der Waals surface area contributed by atoms with Gasteiger partial charge < -0.3 is 40.2 Å². The number of hydrogen-bond acceptors (Lipinski definition) is 16. The molecule has 0 aliphatic carbocycles. The zero-order valence-electron chi connectivity index (χ0n) is 75.0. The first-order chi connectivity index (χ1) is 51.8. The molecule has 0 aromatic carbocycles. The number of carbonyl (C=O) groups is 4. The van der Waals surface area contributed by atoms with Gasteiger partial charge in [-0.15, -0.1) is 0 Å². The fourth-order valence-corrected chi connectivity index (χ4v) is 16.2. The van der Waals surface area contributed by atoms with E-state index in [1.54, 1.807) is 0 Å². The fourth-order valence-electron chi connectivity index (χ4n) is 14.7. The summed E-state index contributed by atoms with van der Waals surface area (Å²) in [5.41, 5.74) is 10.8. The highest BCUT2D eigenvalue weighted by molar-refractivity contribution is 7.47. The van der Waals surface area contributed by atoms with Gasteiger partial charge in [0.2, 0.25) is 0 Å². The average molecular weight is 1610 g/mol. The molecule has 0 amide bonds. The first-order valence-electron chi connectivity index (χ1n) is 45.2. The van der Waals surface area contributed by atoms with Crippen molar-refractivity contribution in [2.24, 2.45) is 106 Å². The third kappa shape index (κ3) is 73.6. The molecule has 0 saturated carbocycles. The van der Waals surface area contributed by atoms with E-state index in [9.17, 15) is 38.1 Å². The first kappa shape index (κ1) is 110. The first-order valence-corrected chi connectivity index (χ1v) is 48.2. The molecular weight excluding hydrogens is 1430 g/mol. The normalized spacial score (nSPS) is 17.0. The Morgan fingerprint density at radius 3 is 0.609 bits per heavy atom. The molecule has 6 N–H and O–H groups in total. The van der Waals surface area contributed by atoms with Gasteiger partial charge in [0.1, 0.15) is 13.2 Å². The Morgan fingerprint density at radius 1 is 0.255 bits per heavy atom. The number of phosphoric acid groups is 2. The van der Waals surface area contributed by atoms with Crippen LogP contribution in [0.5, 0.6) is 0 Å². The Kier molecular flexibility index (Phi) is 69.1. The maximum atomic E-state index is 12.9. The van der Waals surface area contributed by atoms with Crippen molar-refractivity contribution in [1.29, 1.82) is 0 Å². The lowest BCUT2D eigenvalue weighted by Crippen LogP contribution is -2.30. The summed E-state index contributed by atoms with van der Waals surface area (Å²) < 4.78 is 66.6. The maximum absolute atomic E-state index is 12.9. The van der Waals surface area contributed by atoms with Gasteiger partial charge in [-0.05, 0) is 94.7 Å². The van der Waals surface area contributed by atoms with Crippen LogP contribution in [0.1, 0.15) is 395 Å². The minimum Gasteiger partial charge on any atom is -0.462 e. The van der Waals surface area contributed by atoms with E-state index in [1.807, 2.05) is 13.8 Å². The molecule has 20 heteroatoms. The third-order valence-corrected chi connectivity index (χ3v) is 24.1. The van der Waals surface area contributed by atoms with Crippen LogP contribution in [-0.2, 0) is 65.4 Å². The number of esters is 4. The zero-order valence-corrected chi connectivity index (χ0v) is 76.8. The van der Waals surface area contributed by atoms with E-state index in [1.165, 1.54) is 154 Å². The van der Waals surface area contributed by atoms with E-state index in [4.69, 9.17) is 48.5 Å². The standard InChI is InChI=1S/2C45H90NO8P/c2*1-35(2)17-11-19-37(5)21-13-23-39(7)25-15-27-41(9)31-44(47)51-33-43(34-53-55(49,50)52-30-29-46)54-45(48)32-42(10)28-16-26-40(8)24-14-22-38(6)20-12-18-36(3)4/h2*35-43H,11-34,46H2,1-10H3,(H,49,50)/t2*37?,38?,39?,40?,41?,42?,43-/m11/s1. The van der Waals surface area contributed by atoms with Gasteiger partial charge in [-0.1, -0.05) is 370 Å². The Hall–Kier alpha value is -1.98. The van der Waals surface area contributed by atoms with Crippen LogP contribution < -0.4 is 11.5 Å². The molecule has 0 aromatic heterocycles. The zero-order chi connectivity index (χ0) is 83.3. The van der Waals surface area contributed by atoms with E-state index in [0.29, 0.717) is 23.7 Å². The predicted molar refractivity (Wildman–Crippen MR) is 457 cm³/mol. The number of nitrogens with two attached hydrogens (primary N) is 2. The summed E-state index contributed by atoms with van der Waals surface area (Å²) in [6, 6.07) is 0. The smallest absolute Gasteiger partial charge is 0.462 e. The van der Waals surface area contributed by atoms with Crippen molar-refractivity contribution in [1.82, 2.24) is 0 Å². The van der Waals surface area contributed by atoms with E-state index in [2.05, 4.69) is 125 Å². The Morgan fingerprint density at radius 2 is 0.427 bits per heavy atom. The second-order valence-electron chi connectivity index (χ2n) is 37.2. The Balaban J connectivity index is 0. The van der Waals surface area contributed by atoms with Gasteiger partial charge >= 0.3 is 39.5 Å². The van der Waals surface area contributed by atoms with Crippen molar-refractivity contribution in [3.05, 3.63) is 0 Å². The van der Waals surface area contributed by atoms with Crippen molar-refractivity contribution in [2.75, 3.05) is 52.7 Å². The van der Waals surface area contributed by atoms with Crippen molar-refractivity contribution < 1.29 is 75.1 Å². The number of rotatable bonds is 74. The highest BCUT2D eigenvalue weighted by Gasteiger charge is 2.29. The van der Waals surface area contributed by atoms with Crippen LogP contribution in [0, 0.1) is 94.7 Å².